The number of hydrogen-bond acceptors (Lipinski definition) is 2. The minimum absolute atomic E-state index is 0.215. The second-order valence-electron chi connectivity index (χ2n) is 4.71. The Balaban J connectivity index is 2.32. The van der Waals surface area contributed by atoms with Crippen molar-refractivity contribution < 1.29 is 9.13 Å². The van der Waals surface area contributed by atoms with Gasteiger partial charge in [-0.2, -0.15) is 0 Å². The van der Waals surface area contributed by atoms with E-state index in [0.717, 1.165) is 42.0 Å². The van der Waals surface area contributed by atoms with Crippen LogP contribution in [0.25, 0.3) is 11.1 Å². The quantitative estimate of drug-likeness (QED) is 0.803. The summed E-state index contributed by atoms with van der Waals surface area (Å²) in [5.74, 6) is 0.622. The minimum atomic E-state index is -0.215. The summed E-state index contributed by atoms with van der Waals surface area (Å²) >= 11 is 0. The number of nitrogens with one attached hydrogen (secondary N) is 1. The van der Waals surface area contributed by atoms with Crippen molar-refractivity contribution in [3.05, 3.63) is 53.8 Å². The molecule has 0 unspecified atom stereocenters. The van der Waals surface area contributed by atoms with Gasteiger partial charge < -0.3 is 10.1 Å². The number of ether oxygens (including phenoxy) is 1. The topological polar surface area (TPSA) is 21.3 Å². The van der Waals surface area contributed by atoms with E-state index in [1.54, 1.807) is 19.2 Å². The van der Waals surface area contributed by atoms with Gasteiger partial charge in [-0.25, -0.2) is 4.39 Å². The fourth-order valence-electron chi connectivity index (χ4n) is 2.15. The highest BCUT2D eigenvalue weighted by atomic mass is 19.1. The monoisotopic (exact) mass is 273 g/mol. The van der Waals surface area contributed by atoms with E-state index in [1.165, 1.54) is 12.1 Å². The zero-order chi connectivity index (χ0) is 14.4. The number of methoxy groups -OCH3 is 1. The molecular formula is C17H20FNO. The Morgan fingerprint density at radius 2 is 1.85 bits per heavy atom. The molecule has 0 atom stereocenters. The summed E-state index contributed by atoms with van der Waals surface area (Å²) in [6.07, 6.45) is 1.09. The Bertz CT molecular complexity index is 551. The predicted molar refractivity (Wildman–Crippen MR) is 80.4 cm³/mol. The van der Waals surface area contributed by atoms with Gasteiger partial charge in [0.15, 0.2) is 0 Å². The fourth-order valence-corrected chi connectivity index (χ4v) is 2.15. The van der Waals surface area contributed by atoms with Crippen LogP contribution in [0.5, 0.6) is 5.75 Å². The van der Waals surface area contributed by atoms with Crippen LogP contribution in [0.15, 0.2) is 42.5 Å². The number of halogens is 1. The van der Waals surface area contributed by atoms with E-state index in [4.69, 9.17) is 4.74 Å². The first kappa shape index (κ1) is 14.5. The lowest BCUT2D eigenvalue weighted by Gasteiger charge is -2.12. The molecule has 0 spiro atoms. The number of hydrogen-bond donors (Lipinski definition) is 1. The summed E-state index contributed by atoms with van der Waals surface area (Å²) in [5.41, 5.74) is 3.28. The van der Waals surface area contributed by atoms with Crippen LogP contribution in [0.1, 0.15) is 18.9 Å². The van der Waals surface area contributed by atoms with Crippen molar-refractivity contribution in [1.29, 1.82) is 0 Å². The summed E-state index contributed by atoms with van der Waals surface area (Å²) in [7, 11) is 1.66. The standard InChI is InChI=1S/C17H20FNO/c1-3-10-19-12-14-11-16(20-2)8-9-17(14)13-4-6-15(18)7-5-13/h4-9,11,19H,3,10,12H2,1-2H3. The van der Waals surface area contributed by atoms with Gasteiger partial charge >= 0.3 is 0 Å². The van der Waals surface area contributed by atoms with Crippen molar-refractivity contribution in [3.8, 4) is 16.9 Å². The Kier molecular flexibility index (Phi) is 5.13. The average molecular weight is 273 g/mol. The Morgan fingerprint density at radius 3 is 2.50 bits per heavy atom. The zero-order valence-electron chi connectivity index (χ0n) is 11.9. The summed E-state index contributed by atoms with van der Waals surface area (Å²) in [5, 5.41) is 3.39. The van der Waals surface area contributed by atoms with Crippen molar-refractivity contribution in [2.45, 2.75) is 19.9 Å². The molecule has 0 fully saturated rings. The second kappa shape index (κ2) is 7.06. The molecule has 0 amide bonds. The highest BCUT2D eigenvalue weighted by Gasteiger charge is 2.07. The van der Waals surface area contributed by atoms with Crippen molar-refractivity contribution in [1.82, 2.24) is 5.32 Å². The maximum absolute atomic E-state index is 13.0. The summed E-state index contributed by atoms with van der Waals surface area (Å²) in [6, 6.07) is 12.6. The van der Waals surface area contributed by atoms with Gasteiger partial charge in [-0.1, -0.05) is 25.1 Å². The molecule has 0 radical (unpaired) electrons. The van der Waals surface area contributed by atoms with Gasteiger partial charge in [0.25, 0.3) is 0 Å². The van der Waals surface area contributed by atoms with E-state index < -0.39 is 0 Å². The molecule has 0 aromatic heterocycles. The van der Waals surface area contributed by atoms with E-state index in [-0.39, 0.29) is 5.82 Å². The third-order valence-electron chi connectivity index (χ3n) is 3.21. The van der Waals surface area contributed by atoms with Crippen LogP contribution in [-0.4, -0.2) is 13.7 Å². The van der Waals surface area contributed by atoms with Crippen molar-refractivity contribution in [2.24, 2.45) is 0 Å². The first-order chi connectivity index (χ1) is 9.74. The third-order valence-corrected chi connectivity index (χ3v) is 3.21. The van der Waals surface area contributed by atoms with Gasteiger partial charge in [0.1, 0.15) is 11.6 Å². The summed E-state index contributed by atoms with van der Waals surface area (Å²) in [4.78, 5) is 0. The molecule has 2 rings (SSSR count). The molecule has 2 aromatic carbocycles. The van der Waals surface area contributed by atoms with Crippen molar-refractivity contribution in [2.75, 3.05) is 13.7 Å². The van der Waals surface area contributed by atoms with Crippen LogP contribution in [0.4, 0.5) is 4.39 Å². The number of rotatable bonds is 6. The minimum Gasteiger partial charge on any atom is -0.497 e. The van der Waals surface area contributed by atoms with Gasteiger partial charge in [-0.3, -0.25) is 0 Å². The van der Waals surface area contributed by atoms with Gasteiger partial charge in [0, 0.05) is 6.54 Å². The third kappa shape index (κ3) is 3.58. The van der Waals surface area contributed by atoms with Crippen LogP contribution >= 0.6 is 0 Å². The van der Waals surface area contributed by atoms with E-state index in [1.807, 2.05) is 18.2 Å². The number of benzene rings is 2. The molecule has 3 heteroatoms. The van der Waals surface area contributed by atoms with Gasteiger partial charge in [-0.05, 0) is 53.9 Å². The van der Waals surface area contributed by atoms with Gasteiger partial charge in [-0.15, -0.1) is 0 Å². The zero-order valence-corrected chi connectivity index (χ0v) is 11.9. The molecule has 0 heterocycles. The fraction of sp³-hybridized carbons (Fsp3) is 0.294. The van der Waals surface area contributed by atoms with E-state index >= 15 is 0 Å². The van der Waals surface area contributed by atoms with Crippen LogP contribution in [0.2, 0.25) is 0 Å². The molecule has 20 heavy (non-hydrogen) atoms. The molecule has 0 aliphatic carbocycles. The second-order valence-corrected chi connectivity index (χ2v) is 4.71. The molecular weight excluding hydrogens is 253 g/mol. The maximum atomic E-state index is 13.0. The first-order valence-electron chi connectivity index (χ1n) is 6.88. The Labute approximate surface area is 119 Å². The molecule has 0 saturated carbocycles. The van der Waals surface area contributed by atoms with Crippen LogP contribution in [0, 0.1) is 5.82 Å². The van der Waals surface area contributed by atoms with Crippen LogP contribution < -0.4 is 10.1 Å². The highest BCUT2D eigenvalue weighted by Crippen LogP contribution is 2.27. The molecule has 0 saturated heterocycles. The summed E-state index contributed by atoms with van der Waals surface area (Å²) < 4.78 is 18.3. The van der Waals surface area contributed by atoms with Gasteiger partial charge in [0.05, 0.1) is 7.11 Å². The molecule has 1 N–H and O–H groups in total. The smallest absolute Gasteiger partial charge is 0.123 e. The SMILES string of the molecule is CCCNCc1cc(OC)ccc1-c1ccc(F)cc1. The highest BCUT2D eigenvalue weighted by molar-refractivity contribution is 5.68. The molecule has 0 bridgehead atoms. The van der Waals surface area contributed by atoms with Crippen LogP contribution in [0.3, 0.4) is 0 Å². The van der Waals surface area contributed by atoms with E-state index in [9.17, 15) is 4.39 Å². The Hall–Kier alpha value is -1.87. The average Bonchev–Trinajstić information content (AvgIpc) is 2.48. The predicted octanol–water partition coefficient (Wildman–Crippen LogP) is 4.00. The van der Waals surface area contributed by atoms with Gasteiger partial charge in [0.2, 0.25) is 0 Å². The molecule has 0 aliphatic rings. The lowest BCUT2D eigenvalue weighted by atomic mass is 9.99. The lowest BCUT2D eigenvalue weighted by molar-refractivity contribution is 0.414. The molecule has 0 aliphatic heterocycles. The molecule has 2 nitrogen and oxygen atoms in total. The maximum Gasteiger partial charge on any atom is 0.123 e. The van der Waals surface area contributed by atoms with E-state index in [2.05, 4.69) is 12.2 Å². The molecule has 2 aromatic rings. The largest absolute Gasteiger partial charge is 0.497 e. The van der Waals surface area contributed by atoms with Crippen LogP contribution in [-0.2, 0) is 6.54 Å². The molecule has 106 valence electrons. The first-order valence-corrected chi connectivity index (χ1v) is 6.88. The van der Waals surface area contributed by atoms with E-state index in [0.29, 0.717) is 0 Å². The Morgan fingerprint density at radius 1 is 1.10 bits per heavy atom. The lowest BCUT2D eigenvalue weighted by Crippen LogP contribution is -2.14. The normalized spacial score (nSPS) is 10.6. The van der Waals surface area contributed by atoms with Crippen molar-refractivity contribution >= 4 is 0 Å². The summed E-state index contributed by atoms with van der Waals surface area (Å²) in [6.45, 7) is 3.89. The van der Waals surface area contributed by atoms with Crippen molar-refractivity contribution in [3.63, 3.8) is 0 Å².